The van der Waals surface area contributed by atoms with Gasteiger partial charge < -0.3 is 29.6 Å². The van der Waals surface area contributed by atoms with Crippen molar-refractivity contribution in [3.63, 3.8) is 0 Å². The van der Waals surface area contributed by atoms with Crippen molar-refractivity contribution in [1.29, 1.82) is 0 Å². The molecule has 3 aromatic heterocycles. The molecule has 3 saturated heterocycles. The van der Waals surface area contributed by atoms with E-state index in [2.05, 4.69) is 105 Å². The van der Waals surface area contributed by atoms with Gasteiger partial charge in [0.1, 0.15) is 0 Å². The minimum absolute atomic E-state index is 0.450. The third-order valence-electron chi connectivity index (χ3n) is 14.0. The number of β-amino-alcohol motifs (C(OH)–C–C–N with tert-alkyl or cyclic N) is 1. The van der Waals surface area contributed by atoms with Crippen LogP contribution in [0.3, 0.4) is 0 Å². The van der Waals surface area contributed by atoms with Crippen LogP contribution < -0.4 is 0 Å². The number of aliphatic hydroxyl groups is 1. The fourth-order valence-corrected chi connectivity index (χ4v) is 9.57. The Kier molecular flexibility index (Phi) is 22.8. The number of aromatic nitrogens is 3. The van der Waals surface area contributed by atoms with Crippen LogP contribution in [0.25, 0.3) is 0 Å². The summed E-state index contributed by atoms with van der Waals surface area (Å²) < 4.78 is 26.2. The molecule has 9 rings (SSSR count). The second kappa shape index (κ2) is 29.8. The lowest BCUT2D eigenvalue weighted by atomic mass is 10.1. The fourth-order valence-electron chi connectivity index (χ4n) is 9.25. The molecular weight excluding hydrogens is 948 g/mol. The van der Waals surface area contributed by atoms with E-state index < -0.39 is 17.7 Å². The van der Waals surface area contributed by atoms with E-state index in [1.54, 1.807) is 12.3 Å². The zero-order valence-electron chi connectivity index (χ0n) is 42.0. The van der Waals surface area contributed by atoms with Crippen LogP contribution >= 0.6 is 23.2 Å². The van der Waals surface area contributed by atoms with Gasteiger partial charge in [-0.15, -0.1) is 0 Å². The molecule has 10 nitrogen and oxygen atoms in total. The van der Waals surface area contributed by atoms with Crippen molar-refractivity contribution in [3.8, 4) is 0 Å². The lowest BCUT2D eigenvalue weighted by Gasteiger charge is -2.35. The van der Waals surface area contributed by atoms with Gasteiger partial charge in [-0.05, 0) is 109 Å². The Morgan fingerprint density at radius 3 is 1.49 bits per heavy atom. The molecule has 14 heteroatoms. The number of benzene rings is 3. The van der Waals surface area contributed by atoms with Gasteiger partial charge in [-0.25, -0.2) is 8.78 Å². The molecule has 3 fully saturated rings. The van der Waals surface area contributed by atoms with Crippen LogP contribution in [0.5, 0.6) is 0 Å². The molecule has 3 aromatic carbocycles. The van der Waals surface area contributed by atoms with E-state index in [0.717, 1.165) is 160 Å². The van der Waals surface area contributed by atoms with Gasteiger partial charge in [-0.3, -0.25) is 19.9 Å². The molecule has 1 N–H and O–H groups in total. The Hall–Kier alpha value is -4.73. The number of pyridine rings is 3. The van der Waals surface area contributed by atoms with E-state index >= 15 is 0 Å². The Balaban J connectivity index is 0.000000158. The minimum atomic E-state index is -0.776. The van der Waals surface area contributed by atoms with E-state index in [1.165, 1.54) is 34.5 Å². The second-order valence-electron chi connectivity index (χ2n) is 19.2. The fraction of sp³-hybridized carbons (Fsp3) is 0.431. The highest BCUT2D eigenvalue weighted by Gasteiger charge is 2.21. The molecule has 0 spiro atoms. The maximum Gasteiger partial charge on any atom is 0.159 e. The summed E-state index contributed by atoms with van der Waals surface area (Å²) in [6.07, 6.45) is 11.9. The van der Waals surface area contributed by atoms with Gasteiger partial charge in [-0.1, -0.05) is 77.8 Å². The summed E-state index contributed by atoms with van der Waals surface area (Å²) in [5, 5.41) is 11.7. The molecule has 1 unspecified atom stereocenters. The molecular formula is C58H73Cl2F2N9O. The predicted molar refractivity (Wildman–Crippen MR) is 289 cm³/mol. The SMILES string of the molecule is Cc1ccc(C(O)CN2CCN(CCc3ccccc3)CC2)cn1.Clc1ccc(CCN2CCN(CCc3ccccn3)CC2)cc1Cl.Fc1ccc(CCN2CCN(CCc3ccncc3)CC2)cc1F. The molecule has 0 saturated carbocycles. The van der Waals surface area contributed by atoms with Crippen molar-refractivity contribution in [3.05, 3.63) is 195 Å². The zero-order valence-corrected chi connectivity index (χ0v) is 43.5. The summed E-state index contributed by atoms with van der Waals surface area (Å²) in [5.41, 5.74) is 7.91. The number of nitrogens with zero attached hydrogens (tertiary/aromatic N) is 9. The zero-order chi connectivity index (χ0) is 50.3. The van der Waals surface area contributed by atoms with E-state index in [0.29, 0.717) is 16.6 Å². The van der Waals surface area contributed by atoms with Gasteiger partial charge in [-0.2, -0.15) is 0 Å². The minimum Gasteiger partial charge on any atom is -0.387 e. The molecule has 6 aromatic rings. The lowest BCUT2D eigenvalue weighted by Crippen LogP contribution is -2.47. The number of hydrogen-bond acceptors (Lipinski definition) is 10. The van der Waals surface area contributed by atoms with Crippen molar-refractivity contribution >= 4 is 23.2 Å². The van der Waals surface area contributed by atoms with Crippen molar-refractivity contribution in [2.24, 2.45) is 0 Å². The number of hydrogen-bond donors (Lipinski definition) is 1. The molecule has 6 heterocycles. The van der Waals surface area contributed by atoms with Crippen LogP contribution in [-0.2, 0) is 32.1 Å². The largest absolute Gasteiger partial charge is 0.387 e. The number of aliphatic hydroxyl groups excluding tert-OH is 1. The van der Waals surface area contributed by atoms with Crippen LogP contribution in [0.4, 0.5) is 8.78 Å². The normalized spacial score (nSPS) is 16.9. The van der Waals surface area contributed by atoms with E-state index in [1.807, 2.05) is 55.8 Å². The lowest BCUT2D eigenvalue weighted by molar-refractivity contribution is 0.0728. The smallest absolute Gasteiger partial charge is 0.159 e. The first-order valence-corrected chi connectivity index (χ1v) is 26.5. The van der Waals surface area contributed by atoms with Gasteiger partial charge in [0.15, 0.2) is 11.6 Å². The predicted octanol–water partition coefficient (Wildman–Crippen LogP) is 8.84. The van der Waals surface area contributed by atoms with Crippen LogP contribution in [0.2, 0.25) is 10.0 Å². The summed E-state index contributed by atoms with van der Waals surface area (Å²) in [6.45, 7) is 20.8. The summed E-state index contributed by atoms with van der Waals surface area (Å²) in [7, 11) is 0. The topological polar surface area (TPSA) is 78.3 Å². The molecule has 384 valence electrons. The Bertz CT molecular complexity index is 2320. The average molecular weight is 1020 g/mol. The number of halogens is 4. The van der Waals surface area contributed by atoms with E-state index in [4.69, 9.17) is 23.2 Å². The van der Waals surface area contributed by atoms with Gasteiger partial charge in [0.05, 0.1) is 16.1 Å². The van der Waals surface area contributed by atoms with Crippen molar-refractivity contribution in [2.75, 3.05) is 118 Å². The Morgan fingerprint density at radius 2 is 0.972 bits per heavy atom. The molecule has 0 amide bonds. The standard InChI is InChI=1S/C20H27N3O.C19H23Cl2N3.C19H23F2N3/c1-17-7-8-19(15-21-17)20(24)16-23-13-11-22(12-14-23)10-9-18-5-3-2-4-6-18;20-18-5-4-16(15-19(18)21)6-9-23-11-13-24(14-12-23)10-7-17-3-1-2-8-22-17;20-18-2-1-17(15-19(18)21)6-10-24-13-11-23(12-14-24)9-5-16-3-7-22-8-4-16/h2-8,15,20,24H,9-14,16H2,1H3;1-5,8,15H,6-7,9-14H2;1-4,7-8,15H,5-6,9-14H2. The molecule has 3 aliphatic heterocycles. The Labute approximate surface area is 437 Å². The van der Waals surface area contributed by atoms with Gasteiger partial charge in [0.25, 0.3) is 0 Å². The number of aryl methyl sites for hydroxylation is 1. The summed E-state index contributed by atoms with van der Waals surface area (Å²) in [6, 6.07) is 35.0. The maximum absolute atomic E-state index is 13.2. The third kappa shape index (κ3) is 19.3. The average Bonchev–Trinajstić information content (AvgIpc) is 3.42. The summed E-state index contributed by atoms with van der Waals surface area (Å²) in [4.78, 5) is 27.5. The van der Waals surface area contributed by atoms with E-state index in [9.17, 15) is 13.9 Å². The van der Waals surface area contributed by atoms with Crippen LogP contribution in [0.1, 0.15) is 45.3 Å². The highest BCUT2D eigenvalue weighted by molar-refractivity contribution is 6.42. The van der Waals surface area contributed by atoms with Gasteiger partial charge >= 0.3 is 0 Å². The Morgan fingerprint density at radius 1 is 0.472 bits per heavy atom. The third-order valence-corrected chi connectivity index (χ3v) is 14.7. The molecule has 0 radical (unpaired) electrons. The summed E-state index contributed by atoms with van der Waals surface area (Å²) in [5.74, 6) is -1.53. The van der Waals surface area contributed by atoms with E-state index in [-0.39, 0.29) is 0 Å². The van der Waals surface area contributed by atoms with Gasteiger partial charge in [0.2, 0.25) is 0 Å². The molecule has 1 atom stereocenters. The first-order chi connectivity index (χ1) is 35.1. The molecule has 3 aliphatic rings. The highest BCUT2D eigenvalue weighted by Crippen LogP contribution is 2.23. The number of piperazine rings is 3. The molecule has 72 heavy (non-hydrogen) atoms. The summed E-state index contributed by atoms with van der Waals surface area (Å²) >= 11 is 12.0. The van der Waals surface area contributed by atoms with Crippen molar-refractivity contribution in [2.45, 2.75) is 45.1 Å². The van der Waals surface area contributed by atoms with Crippen LogP contribution in [0.15, 0.2) is 134 Å². The molecule has 0 aliphatic carbocycles. The quantitative estimate of drug-likeness (QED) is 0.0904. The van der Waals surface area contributed by atoms with Crippen molar-refractivity contribution < 1.29 is 13.9 Å². The highest BCUT2D eigenvalue weighted by atomic mass is 35.5. The molecule has 0 bridgehead atoms. The number of rotatable bonds is 18. The van der Waals surface area contributed by atoms with Gasteiger partial charge in [0, 0.05) is 166 Å². The second-order valence-corrected chi connectivity index (χ2v) is 20.0. The maximum atomic E-state index is 13.2. The first-order valence-electron chi connectivity index (χ1n) is 25.8. The van der Waals surface area contributed by atoms with Crippen molar-refractivity contribution in [1.82, 2.24) is 44.4 Å². The van der Waals surface area contributed by atoms with Crippen LogP contribution in [0, 0.1) is 18.6 Å². The monoisotopic (exact) mass is 1020 g/mol. The first kappa shape index (κ1) is 55.0. The van der Waals surface area contributed by atoms with Crippen LogP contribution in [-0.4, -0.2) is 167 Å².